The van der Waals surface area contributed by atoms with E-state index in [0.29, 0.717) is 11.8 Å². The van der Waals surface area contributed by atoms with Crippen molar-refractivity contribution in [1.82, 2.24) is 14.7 Å². The van der Waals surface area contributed by atoms with Gasteiger partial charge in [-0.3, -0.25) is 9.48 Å². The number of aromatic nitrogens is 2. The molecule has 0 aromatic carbocycles. The molecule has 0 bridgehead atoms. The molecule has 108 valence electrons. The quantitative estimate of drug-likeness (QED) is 0.829. The second-order valence-corrected chi connectivity index (χ2v) is 6.68. The van der Waals surface area contributed by atoms with E-state index in [-0.39, 0.29) is 5.92 Å². The van der Waals surface area contributed by atoms with E-state index in [4.69, 9.17) is 0 Å². The van der Waals surface area contributed by atoms with Crippen LogP contribution in [-0.2, 0) is 11.8 Å². The lowest BCUT2D eigenvalue weighted by molar-refractivity contribution is -0.124. The molecular weight excluding hydrogens is 252 g/mol. The van der Waals surface area contributed by atoms with E-state index in [1.807, 2.05) is 18.1 Å². The van der Waals surface area contributed by atoms with Crippen LogP contribution in [0.4, 0.5) is 5.69 Å². The number of rotatable bonds is 3. The van der Waals surface area contributed by atoms with Gasteiger partial charge in [-0.15, -0.1) is 0 Å². The molecule has 1 aliphatic carbocycles. The highest BCUT2D eigenvalue weighted by atomic mass is 16.2. The highest BCUT2D eigenvalue weighted by Gasteiger charge is 2.44. The van der Waals surface area contributed by atoms with Gasteiger partial charge in [-0.2, -0.15) is 5.10 Å². The van der Waals surface area contributed by atoms with E-state index in [1.165, 1.54) is 19.4 Å². The Morgan fingerprint density at radius 1 is 1.30 bits per heavy atom. The van der Waals surface area contributed by atoms with Crippen molar-refractivity contribution in [2.75, 3.05) is 31.1 Å². The smallest absolute Gasteiger partial charge is 0.231 e. The van der Waals surface area contributed by atoms with Gasteiger partial charge in [-0.1, -0.05) is 0 Å². The molecule has 1 saturated carbocycles. The molecule has 1 amide bonds. The maximum Gasteiger partial charge on any atom is 0.231 e. The number of amides is 1. The fourth-order valence-corrected chi connectivity index (χ4v) is 3.76. The number of carbonyl (C=O) groups is 1. The highest BCUT2D eigenvalue weighted by Crippen LogP contribution is 2.37. The third kappa shape index (κ3) is 2.14. The largest absolute Gasteiger partial charge is 0.309 e. The highest BCUT2D eigenvalue weighted by molar-refractivity contribution is 5.96. The fourth-order valence-electron chi connectivity index (χ4n) is 3.76. The van der Waals surface area contributed by atoms with Crippen molar-refractivity contribution >= 4 is 11.6 Å². The molecule has 0 unspecified atom stereocenters. The number of piperidine rings is 1. The Balaban J connectivity index is 1.47. The Labute approximate surface area is 119 Å². The van der Waals surface area contributed by atoms with Crippen molar-refractivity contribution in [2.24, 2.45) is 24.8 Å². The first-order valence-corrected chi connectivity index (χ1v) is 7.73. The Hall–Kier alpha value is -1.36. The summed E-state index contributed by atoms with van der Waals surface area (Å²) in [4.78, 5) is 17.2. The van der Waals surface area contributed by atoms with Gasteiger partial charge in [-0.05, 0) is 31.1 Å². The van der Waals surface area contributed by atoms with Crippen LogP contribution in [-0.4, -0.2) is 46.8 Å². The van der Waals surface area contributed by atoms with E-state index < -0.39 is 0 Å². The van der Waals surface area contributed by atoms with Crippen molar-refractivity contribution < 1.29 is 4.79 Å². The van der Waals surface area contributed by atoms with Crippen molar-refractivity contribution in [2.45, 2.75) is 19.3 Å². The van der Waals surface area contributed by atoms with Crippen LogP contribution >= 0.6 is 0 Å². The van der Waals surface area contributed by atoms with E-state index in [9.17, 15) is 4.79 Å². The average molecular weight is 274 g/mol. The first-order chi connectivity index (χ1) is 9.70. The van der Waals surface area contributed by atoms with Crippen molar-refractivity contribution in [3.05, 3.63) is 12.4 Å². The van der Waals surface area contributed by atoms with Gasteiger partial charge in [0.15, 0.2) is 0 Å². The number of anilines is 1. The van der Waals surface area contributed by atoms with E-state index in [1.54, 1.807) is 10.9 Å². The SMILES string of the molecule is Cn1cc(N2CC[C@H]3CN(CC4CC4)C[C@@H]3C2=O)cn1. The lowest BCUT2D eigenvalue weighted by Crippen LogP contribution is -2.45. The summed E-state index contributed by atoms with van der Waals surface area (Å²) in [5.41, 5.74) is 0.955. The summed E-state index contributed by atoms with van der Waals surface area (Å²) in [5, 5.41) is 4.19. The summed E-state index contributed by atoms with van der Waals surface area (Å²) < 4.78 is 1.77. The molecule has 3 heterocycles. The number of aryl methyl sites for hydroxylation is 1. The number of hydrogen-bond acceptors (Lipinski definition) is 3. The molecule has 1 aromatic rings. The number of likely N-dealkylation sites (tertiary alicyclic amines) is 1. The van der Waals surface area contributed by atoms with Crippen molar-refractivity contribution in [3.8, 4) is 0 Å². The van der Waals surface area contributed by atoms with Crippen LogP contribution in [0.3, 0.4) is 0 Å². The second-order valence-electron chi connectivity index (χ2n) is 6.68. The predicted molar refractivity (Wildman–Crippen MR) is 76.3 cm³/mol. The summed E-state index contributed by atoms with van der Waals surface area (Å²) >= 11 is 0. The Morgan fingerprint density at radius 3 is 2.85 bits per heavy atom. The van der Waals surface area contributed by atoms with E-state index in [2.05, 4.69) is 10.00 Å². The molecule has 5 heteroatoms. The molecule has 5 nitrogen and oxygen atoms in total. The molecule has 0 spiro atoms. The number of fused-ring (bicyclic) bond motifs is 1. The normalized spacial score (nSPS) is 30.9. The van der Waals surface area contributed by atoms with Crippen LogP contribution < -0.4 is 4.90 Å². The van der Waals surface area contributed by atoms with Gasteiger partial charge in [0, 0.05) is 39.4 Å². The summed E-state index contributed by atoms with van der Waals surface area (Å²) in [6.45, 7) is 4.17. The van der Waals surface area contributed by atoms with Crippen LogP contribution in [0, 0.1) is 17.8 Å². The molecule has 2 aliphatic heterocycles. The van der Waals surface area contributed by atoms with Gasteiger partial charge in [0.05, 0.1) is 17.8 Å². The Bertz CT molecular complexity index is 522. The zero-order valence-electron chi connectivity index (χ0n) is 12.0. The van der Waals surface area contributed by atoms with E-state index in [0.717, 1.165) is 37.7 Å². The Kier molecular flexibility index (Phi) is 2.84. The molecular formula is C15H22N4O. The molecule has 2 atom stereocenters. The molecule has 3 fully saturated rings. The van der Waals surface area contributed by atoms with Gasteiger partial charge in [0.25, 0.3) is 0 Å². The monoisotopic (exact) mass is 274 g/mol. The maximum absolute atomic E-state index is 12.7. The fraction of sp³-hybridized carbons (Fsp3) is 0.733. The number of carbonyl (C=O) groups excluding carboxylic acids is 1. The van der Waals surface area contributed by atoms with Crippen molar-refractivity contribution in [1.29, 1.82) is 0 Å². The van der Waals surface area contributed by atoms with Gasteiger partial charge in [0.2, 0.25) is 5.91 Å². The summed E-state index contributed by atoms with van der Waals surface area (Å²) in [7, 11) is 1.90. The minimum Gasteiger partial charge on any atom is -0.309 e. The zero-order chi connectivity index (χ0) is 13.7. The summed E-state index contributed by atoms with van der Waals surface area (Å²) in [6, 6.07) is 0. The maximum atomic E-state index is 12.7. The summed E-state index contributed by atoms with van der Waals surface area (Å²) in [5.74, 6) is 2.02. The summed E-state index contributed by atoms with van der Waals surface area (Å²) in [6.07, 6.45) is 7.65. The number of hydrogen-bond donors (Lipinski definition) is 0. The van der Waals surface area contributed by atoms with E-state index >= 15 is 0 Å². The lowest BCUT2D eigenvalue weighted by atomic mass is 9.88. The topological polar surface area (TPSA) is 41.4 Å². The van der Waals surface area contributed by atoms with Gasteiger partial charge in [-0.25, -0.2) is 0 Å². The minimum absolute atomic E-state index is 0.211. The standard InChI is InChI=1S/C15H22N4O/c1-17-9-13(6-16-17)19-5-4-12-8-18(7-11-2-3-11)10-14(12)15(19)20/h6,9,11-12,14H,2-5,7-8,10H2,1H3/t12-,14-/m0/s1. The molecule has 4 rings (SSSR count). The van der Waals surface area contributed by atoms with Crippen molar-refractivity contribution in [3.63, 3.8) is 0 Å². The van der Waals surface area contributed by atoms with Crippen LogP contribution in [0.1, 0.15) is 19.3 Å². The average Bonchev–Trinajstić information content (AvgIpc) is 2.96. The molecule has 3 aliphatic rings. The van der Waals surface area contributed by atoms with Crippen LogP contribution in [0.15, 0.2) is 12.4 Å². The van der Waals surface area contributed by atoms with Gasteiger partial charge < -0.3 is 9.80 Å². The first kappa shape index (κ1) is 12.4. The molecule has 2 saturated heterocycles. The van der Waals surface area contributed by atoms with Crippen LogP contribution in [0.2, 0.25) is 0 Å². The third-order valence-corrected chi connectivity index (χ3v) is 5.04. The third-order valence-electron chi connectivity index (χ3n) is 5.04. The zero-order valence-corrected chi connectivity index (χ0v) is 12.0. The first-order valence-electron chi connectivity index (χ1n) is 7.73. The minimum atomic E-state index is 0.211. The molecule has 0 radical (unpaired) electrons. The molecule has 20 heavy (non-hydrogen) atoms. The molecule has 0 N–H and O–H groups in total. The molecule has 1 aromatic heterocycles. The van der Waals surface area contributed by atoms with Gasteiger partial charge >= 0.3 is 0 Å². The predicted octanol–water partition coefficient (Wildman–Crippen LogP) is 1.11. The van der Waals surface area contributed by atoms with Crippen LogP contribution in [0.5, 0.6) is 0 Å². The van der Waals surface area contributed by atoms with Gasteiger partial charge in [0.1, 0.15) is 0 Å². The Morgan fingerprint density at radius 2 is 2.15 bits per heavy atom. The lowest BCUT2D eigenvalue weighted by Gasteiger charge is -2.32. The number of nitrogens with zero attached hydrogens (tertiary/aromatic N) is 4. The van der Waals surface area contributed by atoms with Crippen LogP contribution in [0.25, 0.3) is 0 Å². The second kappa shape index (κ2) is 4.58.